The summed E-state index contributed by atoms with van der Waals surface area (Å²) in [5.41, 5.74) is 8.99. The van der Waals surface area contributed by atoms with Crippen LogP contribution in [0.1, 0.15) is 36.0 Å². The zero-order valence-corrected chi connectivity index (χ0v) is 18.4. The number of fused-ring (bicyclic) bond motifs is 1. The highest BCUT2D eigenvalue weighted by Gasteiger charge is 2.19. The third-order valence-electron chi connectivity index (χ3n) is 5.97. The van der Waals surface area contributed by atoms with E-state index in [0.717, 1.165) is 48.5 Å². The van der Waals surface area contributed by atoms with E-state index in [1.807, 2.05) is 24.4 Å². The Bertz CT molecular complexity index is 1250. The maximum atomic E-state index is 12.5. The van der Waals surface area contributed by atoms with Gasteiger partial charge in [-0.1, -0.05) is 0 Å². The second-order valence-electron chi connectivity index (χ2n) is 8.39. The van der Waals surface area contributed by atoms with Gasteiger partial charge in [0.05, 0.1) is 11.9 Å². The molecule has 170 valence electrons. The number of benzene rings is 1. The van der Waals surface area contributed by atoms with E-state index in [9.17, 15) is 4.79 Å². The molecule has 4 aromatic rings. The van der Waals surface area contributed by atoms with E-state index in [1.54, 1.807) is 46.8 Å². The molecule has 0 radical (unpaired) electrons. The number of imidazole rings is 1. The molecule has 0 saturated heterocycles. The van der Waals surface area contributed by atoms with Crippen LogP contribution in [0.3, 0.4) is 0 Å². The van der Waals surface area contributed by atoms with Gasteiger partial charge in [-0.15, -0.1) is 5.10 Å². The number of nitrogens with two attached hydrogens (primary N) is 1. The molecule has 1 saturated carbocycles. The Balaban J connectivity index is 1.31. The van der Waals surface area contributed by atoms with Crippen molar-refractivity contribution in [3.05, 3.63) is 60.6 Å². The first kappa shape index (κ1) is 21.0. The van der Waals surface area contributed by atoms with Crippen molar-refractivity contribution in [2.45, 2.75) is 37.8 Å². The summed E-state index contributed by atoms with van der Waals surface area (Å²) in [5.74, 6) is 1.24. The van der Waals surface area contributed by atoms with Gasteiger partial charge in [0.1, 0.15) is 11.6 Å². The van der Waals surface area contributed by atoms with Gasteiger partial charge in [-0.25, -0.2) is 9.50 Å². The van der Waals surface area contributed by atoms with Crippen LogP contribution in [0, 0.1) is 0 Å². The minimum absolute atomic E-state index is 0.191. The number of carbonyl (C=O) groups excluding carboxylic acids is 1. The zero-order valence-electron chi connectivity index (χ0n) is 18.4. The topological polar surface area (TPSA) is 127 Å². The van der Waals surface area contributed by atoms with E-state index < -0.39 is 0 Å². The first-order valence-electron chi connectivity index (χ1n) is 11.1. The lowest BCUT2D eigenvalue weighted by Crippen LogP contribution is -2.33. The van der Waals surface area contributed by atoms with Gasteiger partial charge in [0.15, 0.2) is 5.65 Å². The van der Waals surface area contributed by atoms with Gasteiger partial charge >= 0.3 is 0 Å². The molecule has 33 heavy (non-hydrogen) atoms. The summed E-state index contributed by atoms with van der Waals surface area (Å²) in [6.45, 7) is 0. The predicted molar refractivity (Wildman–Crippen MR) is 128 cm³/mol. The van der Waals surface area contributed by atoms with E-state index in [0.29, 0.717) is 23.5 Å². The fraction of sp³-hybridized carbons (Fsp3) is 0.304. The van der Waals surface area contributed by atoms with Crippen molar-refractivity contribution in [1.29, 1.82) is 0 Å². The molecular formula is C23H27N9O. The largest absolute Gasteiger partial charge is 0.366 e. The first-order chi connectivity index (χ1) is 16.0. The predicted octanol–water partition coefficient (Wildman–Crippen LogP) is 3.14. The molecule has 1 aliphatic carbocycles. The number of carbonyl (C=O) groups is 1. The van der Waals surface area contributed by atoms with Gasteiger partial charge in [0, 0.05) is 54.9 Å². The SMILES string of the molecule is Cn1nccc1NC(=O)c1ccc(Nc2cc(NC3CCC(N)CC3)nn3ccnc23)cc1. The summed E-state index contributed by atoms with van der Waals surface area (Å²) < 4.78 is 3.37. The molecule has 0 bridgehead atoms. The van der Waals surface area contributed by atoms with Crippen LogP contribution in [0.5, 0.6) is 0 Å². The van der Waals surface area contributed by atoms with Crippen molar-refractivity contribution in [3.63, 3.8) is 0 Å². The van der Waals surface area contributed by atoms with Crippen LogP contribution in [0.2, 0.25) is 0 Å². The molecule has 0 unspecified atom stereocenters. The molecular weight excluding hydrogens is 418 g/mol. The monoisotopic (exact) mass is 445 g/mol. The summed E-state index contributed by atoms with van der Waals surface area (Å²) in [4.78, 5) is 16.9. The number of amides is 1. The molecule has 1 aliphatic rings. The third kappa shape index (κ3) is 4.65. The molecule has 10 heteroatoms. The molecule has 10 nitrogen and oxygen atoms in total. The highest BCUT2D eigenvalue weighted by Crippen LogP contribution is 2.26. The average Bonchev–Trinajstić information content (AvgIpc) is 3.45. The Hall–Kier alpha value is -3.92. The molecule has 0 aliphatic heterocycles. The lowest BCUT2D eigenvalue weighted by atomic mass is 9.92. The minimum Gasteiger partial charge on any atom is -0.366 e. The highest BCUT2D eigenvalue weighted by atomic mass is 16.1. The minimum atomic E-state index is -0.191. The summed E-state index contributed by atoms with van der Waals surface area (Å²) in [7, 11) is 1.78. The van der Waals surface area contributed by atoms with Crippen LogP contribution in [0.15, 0.2) is 55.0 Å². The Morgan fingerprint density at radius 2 is 1.88 bits per heavy atom. The lowest BCUT2D eigenvalue weighted by Gasteiger charge is -2.27. The Kier molecular flexibility index (Phi) is 5.66. The quantitative estimate of drug-likeness (QED) is 0.359. The van der Waals surface area contributed by atoms with E-state index in [1.165, 1.54) is 0 Å². The molecule has 1 amide bonds. The van der Waals surface area contributed by atoms with Crippen LogP contribution in [-0.2, 0) is 7.05 Å². The van der Waals surface area contributed by atoms with E-state index >= 15 is 0 Å². The summed E-state index contributed by atoms with van der Waals surface area (Å²) >= 11 is 0. The molecule has 3 heterocycles. The van der Waals surface area contributed by atoms with Crippen LogP contribution < -0.4 is 21.7 Å². The Morgan fingerprint density at radius 3 is 2.61 bits per heavy atom. The van der Waals surface area contributed by atoms with E-state index in [2.05, 4.69) is 31.1 Å². The molecule has 0 spiro atoms. The molecule has 1 aromatic carbocycles. The van der Waals surface area contributed by atoms with Crippen molar-refractivity contribution >= 4 is 34.6 Å². The number of hydrogen-bond acceptors (Lipinski definition) is 7. The maximum Gasteiger partial charge on any atom is 0.256 e. The van der Waals surface area contributed by atoms with Gasteiger partial charge in [0.2, 0.25) is 0 Å². The first-order valence-corrected chi connectivity index (χ1v) is 11.1. The Morgan fingerprint density at radius 1 is 1.09 bits per heavy atom. The van der Waals surface area contributed by atoms with Crippen molar-refractivity contribution in [2.75, 3.05) is 16.0 Å². The highest BCUT2D eigenvalue weighted by molar-refractivity contribution is 6.04. The normalized spacial score (nSPS) is 18.2. The van der Waals surface area contributed by atoms with E-state index in [4.69, 9.17) is 5.73 Å². The number of hydrogen-bond donors (Lipinski definition) is 4. The van der Waals surface area contributed by atoms with Crippen LogP contribution in [-0.4, -0.2) is 42.4 Å². The molecule has 5 rings (SSSR count). The molecule has 5 N–H and O–H groups in total. The number of nitrogens with zero attached hydrogens (tertiary/aromatic N) is 5. The second kappa shape index (κ2) is 8.91. The summed E-state index contributed by atoms with van der Waals surface area (Å²) in [6.07, 6.45) is 9.32. The van der Waals surface area contributed by atoms with Gasteiger partial charge in [0.25, 0.3) is 5.91 Å². The summed E-state index contributed by atoms with van der Waals surface area (Å²) in [5, 5.41) is 18.5. The van der Waals surface area contributed by atoms with Gasteiger partial charge < -0.3 is 21.7 Å². The average molecular weight is 446 g/mol. The number of nitrogens with one attached hydrogen (secondary N) is 3. The smallest absolute Gasteiger partial charge is 0.256 e. The maximum absolute atomic E-state index is 12.5. The van der Waals surface area contributed by atoms with Gasteiger partial charge in [-0.3, -0.25) is 9.48 Å². The standard InChI is InChI=1S/C23H27N9O/c1-31-21(10-11-26-31)29-23(33)15-2-6-17(7-3-15)27-19-14-20(30-32-13-12-25-22(19)32)28-18-8-4-16(24)5-9-18/h2-3,6-7,10-14,16,18,27H,4-5,8-9,24H2,1H3,(H,28,30)(H,29,33). The lowest BCUT2D eigenvalue weighted by molar-refractivity contribution is 0.102. The van der Waals surface area contributed by atoms with E-state index in [-0.39, 0.29) is 5.91 Å². The van der Waals surface area contributed by atoms with Crippen LogP contribution in [0.25, 0.3) is 5.65 Å². The fourth-order valence-corrected chi connectivity index (χ4v) is 4.10. The van der Waals surface area contributed by atoms with Crippen molar-refractivity contribution in [3.8, 4) is 0 Å². The van der Waals surface area contributed by atoms with Crippen LogP contribution in [0.4, 0.5) is 23.0 Å². The number of aromatic nitrogens is 5. The molecule has 3 aromatic heterocycles. The number of anilines is 4. The zero-order chi connectivity index (χ0) is 22.8. The van der Waals surface area contributed by atoms with Crippen molar-refractivity contribution in [2.24, 2.45) is 12.8 Å². The van der Waals surface area contributed by atoms with Crippen LogP contribution >= 0.6 is 0 Å². The number of aryl methyl sites for hydroxylation is 1. The van der Waals surface area contributed by atoms with Gasteiger partial charge in [-0.2, -0.15) is 5.10 Å². The summed E-state index contributed by atoms with van der Waals surface area (Å²) in [6, 6.07) is 11.7. The third-order valence-corrected chi connectivity index (χ3v) is 5.97. The van der Waals surface area contributed by atoms with Crippen molar-refractivity contribution < 1.29 is 4.79 Å². The van der Waals surface area contributed by atoms with Crippen molar-refractivity contribution in [1.82, 2.24) is 24.4 Å². The number of rotatable bonds is 6. The Labute approximate surface area is 191 Å². The molecule has 1 fully saturated rings. The molecule has 0 atom stereocenters. The van der Waals surface area contributed by atoms with Gasteiger partial charge in [-0.05, 0) is 49.9 Å². The second-order valence-corrected chi connectivity index (χ2v) is 8.39. The fourth-order valence-electron chi connectivity index (χ4n) is 4.10.